The number of H-pyrrole nitrogens is 1. The van der Waals surface area contributed by atoms with Crippen LogP contribution in [0.25, 0.3) is 32.9 Å². The van der Waals surface area contributed by atoms with Gasteiger partial charge in [-0.3, -0.25) is 10.00 Å². The van der Waals surface area contributed by atoms with E-state index in [2.05, 4.69) is 36.4 Å². The summed E-state index contributed by atoms with van der Waals surface area (Å²) in [6, 6.07) is 8.21. The highest BCUT2D eigenvalue weighted by atomic mass is 35.5. The fourth-order valence-electron chi connectivity index (χ4n) is 7.93. The topological polar surface area (TPSA) is 106 Å². The lowest BCUT2D eigenvalue weighted by molar-refractivity contribution is 0.107. The van der Waals surface area contributed by atoms with E-state index in [0.29, 0.717) is 52.7 Å². The summed E-state index contributed by atoms with van der Waals surface area (Å²) in [4.78, 5) is 13.8. The molecule has 0 amide bonds. The van der Waals surface area contributed by atoms with Crippen molar-refractivity contribution in [2.24, 2.45) is 0 Å². The fraction of sp³-hybridized carbons (Fsp3) is 0.484. The van der Waals surface area contributed by atoms with Crippen molar-refractivity contribution < 1.29 is 13.5 Å². The number of benzene rings is 2. The van der Waals surface area contributed by atoms with Gasteiger partial charge >= 0.3 is 6.01 Å². The summed E-state index contributed by atoms with van der Waals surface area (Å²) in [6.45, 7) is 4.80. The Bertz CT molecular complexity index is 1810. The van der Waals surface area contributed by atoms with Crippen molar-refractivity contribution in [1.82, 2.24) is 30.4 Å². The zero-order chi connectivity index (χ0) is 29.5. The number of aromatic nitrogens is 4. The third-order valence-corrected chi connectivity index (χ3v) is 10.2. The number of fused-ring (bicyclic) bond motifs is 5. The van der Waals surface area contributed by atoms with Crippen LogP contribution >= 0.6 is 11.6 Å². The summed E-state index contributed by atoms with van der Waals surface area (Å²) in [5.74, 6) is -0.0302. The molecule has 4 fully saturated rings. The largest absolute Gasteiger partial charge is 0.461 e. The Morgan fingerprint density at radius 1 is 1.19 bits per heavy atom. The molecule has 9 nitrogen and oxygen atoms in total. The molecule has 0 aliphatic carbocycles. The minimum absolute atomic E-state index is 0.0695. The summed E-state index contributed by atoms with van der Waals surface area (Å²) in [5, 5.41) is 21.6. The van der Waals surface area contributed by atoms with Crippen LogP contribution in [-0.2, 0) is 0 Å². The second kappa shape index (κ2) is 9.97. The monoisotopic (exact) mass is 604 g/mol. The number of hydrogen-bond donors (Lipinski definition) is 2. The van der Waals surface area contributed by atoms with Crippen LogP contribution in [0.1, 0.15) is 43.4 Å². The van der Waals surface area contributed by atoms with Gasteiger partial charge in [0.1, 0.15) is 30.2 Å². The van der Waals surface area contributed by atoms with Crippen LogP contribution in [0.15, 0.2) is 18.2 Å². The molecule has 2 N–H and O–H groups in total. The van der Waals surface area contributed by atoms with E-state index < -0.39 is 17.5 Å². The van der Waals surface area contributed by atoms with Gasteiger partial charge in [0.2, 0.25) is 0 Å². The third-order valence-electron chi connectivity index (χ3n) is 9.88. The standard InChI is InChI=1S/C31H31ClF2N8O/c1-16-3-6-22-26(23(11-35)40-39-22)24(16)25-21(32)9-20-28(27(25)34)37-30(38-29(20)41-13-18-4-5-19(14-41)36-18)43-15-31-7-2-8-42(31)12-17(33)10-31/h3,6,9,17-19,36H,2,4-5,7-8,10,12-15H2,1H3,(H,39,40)/t17-,18?,19?,31+/m1/s1. The molecule has 4 atom stereocenters. The highest BCUT2D eigenvalue weighted by Crippen LogP contribution is 2.44. The number of aromatic amines is 1. The molecule has 4 aliphatic rings. The number of nitriles is 1. The molecule has 4 saturated heterocycles. The van der Waals surface area contributed by atoms with E-state index in [1.165, 1.54) is 0 Å². The predicted octanol–water partition coefficient (Wildman–Crippen LogP) is 5.04. The Morgan fingerprint density at radius 3 is 2.79 bits per heavy atom. The van der Waals surface area contributed by atoms with Crippen molar-refractivity contribution in [1.29, 1.82) is 5.26 Å². The molecule has 2 bridgehead atoms. The molecule has 8 rings (SSSR count). The number of nitrogens with one attached hydrogen (secondary N) is 2. The minimum Gasteiger partial charge on any atom is -0.461 e. The summed E-state index contributed by atoms with van der Waals surface area (Å²) in [6.07, 6.45) is 3.51. The van der Waals surface area contributed by atoms with Crippen LogP contribution in [-0.4, -0.2) is 81.6 Å². The van der Waals surface area contributed by atoms with Gasteiger partial charge in [-0.15, -0.1) is 0 Å². The van der Waals surface area contributed by atoms with Gasteiger partial charge in [-0.25, -0.2) is 8.78 Å². The Kier molecular flexibility index (Phi) is 6.26. The van der Waals surface area contributed by atoms with Crippen molar-refractivity contribution in [2.75, 3.05) is 37.7 Å². The van der Waals surface area contributed by atoms with Gasteiger partial charge in [0, 0.05) is 60.0 Å². The van der Waals surface area contributed by atoms with Crippen LogP contribution < -0.4 is 15.0 Å². The zero-order valence-electron chi connectivity index (χ0n) is 23.8. The third kappa shape index (κ3) is 4.25. The van der Waals surface area contributed by atoms with E-state index >= 15 is 4.39 Å². The molecular weight excluding hydrogens is 574 g/mol. The van der Waals surface area contributed by atoms with Crippen molar-refractivity contribution >= 4 is 39.2 Å². The highest BCUT2D eigenvalue weighted by Gasteiger charge is 2.49. The zero-order valence-corrected chi connectivity index (χ0v) is 24.5. The van der Waals surface area contributed by atoms with Gasteiger partial charge in [0.15, 0.2) is 11.5 Å². The number of ether oxygens (including phenoxy) is 1. The maximum atomic E-state index is 16.9. The number of aryl methyl sites for hydroxylation is 1. The van der Waals surface area contributed by atoms with Crippen LogP contribution in [0.3, 0.4) is 0 Å². The molecular formula is C31H31ClF2N8O. The Balaban J connectivity index is 1.29. The van der Waals surface area contributed by atoms with E-state index in [9.17, 15) is 9.65 Å². The number of halogens is 3. The van der Waals surface area contributed by atoms with Crippen molar-refractivity contribution in [3.8, 4) is 23.2 Å². The Morgan fingerprint density at radius 2 is 2.00 bits per heavy atom. The minimum atomic E-state index is -0.886. The molecule has 222 valence electrons. The first kappa shape index (κ1) is 27.0. The van der Waals surface area contributed by atoms with Crippen molar-refractivity contribution in [2.45, 2.75) is 62.8 Å². The van der Waals surface area contributed by atoms with Gasteiger partial charge in [-0.2, -0.15) is 20.3 Å². The van der Waals surface area contributed by atoms with E-state index in [1.807, 2.05) is 19.1 Å². The Hall–Kier alpha value is -3.59. The first-order valence-electron chi connectivity index (χ1n) is 14.9. The number of nitrogens with zero attached hydrogens (tertiary/aromatic N) is 6. The Labute approximate surface area is 252 Å². The van der Waals surface area contributed by atoms with E-state index in [0.717, 1.165) is 50.9 Å². The quantitative estimate of drug-likeness (QED) is 0.326. The lowest BCUT2D eigenvalue weighted by Crippen LogP contribution is -2.51. The molecule has 4 aliphatic heterocycles. The van der Waals surface area contributed by atoms with Crippen LogP contribution in [0.2, 0.25) is 5.02 Å². The average molecular weight is 605 g/mol. The molecule has 0 spiro atoms. The van der Waals surface area contributed by atoms with Crippen LogP contribution in [0.4, 0.5) is 14.6 Å². The lowest BCUT2D eigenvalue weighted by atomic mass is 9.94. The molecule has 6 heterocycles. The fourth-order valence-corrected chi connectivity index (χ4v) is 8.22. The number of rotatable bonds is 5. The second-order valence-electron chi connectivity index (χ2n) is 12.5. The van der Waals surface area contributed by atoms with Gasteiger partial charge in [-0.1, -0.05) is 17.7 Å². The highest BCUT2D eigenvalue weighted by molar-refractivity contribution is 6.35. The molecule has 0 saturated carbocycles. The first-order chi connectivity index (χ1) is 20.8. The van der Waals surface area contributed by atoms with Gasteiger partial charge in [0.25, 0.3) is 0 Å². The number of hydrogen-bond acceptors (Lipinski definition) is 8. The normalized spacial score (nSPS) is 26.9. The predicted molar refractivity (Wildman–Crippen MR) is 160 cm³/mol. The smallest absolute Gasteiger partial charge is 0.319 e. The SMILES string of the molecule is Cc1ccc2[nH]nc(C#N)c2c1-c1c(Cl)cc2c(N3CC4CCC(C3)N4)nc(OC[C@@]34CCCN3C[C@H](F)C4)nc2c1F. The van der Waals surface area contributed by atoms with Gasteiger partial charge in [0.05, 0.1) is 16.1 Å². The number of anilines is 1. The van der Waals surface area contributed by atoms with E-state index in [1.54, 1.807) is 6.07 Å². The summed E-state index contributed by atoms with van der Waals surface area (Å²) in [5.41, 5.74) is 1.88. The first-order valence-corrected chi connectivity index (χ1v) is 15.3. The molecule has 43 heavy (non-hydrogen) atoms. The van der Waals surface area contributed by atoms with Crippen molar-refractivity contribution in [3.05, 3.63) is 40.3 Å². The van der Waals surface area contributed by atoms with Crippen molar-refractivity contribution in [3.63, 3.8) is 0 Å². The number of piperazine rings is 1. The maximum absolute atomic E-state index is 16.9. The number of alkyl halides is 1. The summed E-state index contributed by atoms with van der Waals surface area (Å²) < 4.78 is 37.7. The van der Waals surface area contributed by atoms with Gasteiger partial charge < -0.3 is 15.0 Å². The molecule has 4 aromatic rings. The second-order valence-corrected chi connectivity index (χ2v) is 13.0. The molecule has 2 aromatic carbocycles. The molecule has 2 unspecified atom stereocenters. The van der Waals surface area contributed by atoms with Crippen LogP contribution in [0.5, 0.6) is 6.01 Å². The van der Waals surface area contributed by atoms with E-state index in [-0.39, 0.29) is 34.4 Å². The lowest BCUT2D eigenvalue weighted by Gasteiger charge is -2.34. The average Bonchev–Trinajstić information content (AvgIpc) is 3.74. The van der Waals surface area contributed by atoms with Gasteiger partial charge in [-0.05, 0) is 56.8 Å². The van der Waals surface area contributed by atoms with Crippen LogP contribution in [0, 0.1) is 24.1 Å². The molecule has 12 heteroatoms. The van der Waals surface area contributed by atoms with E-state index in [4.69, 9.17) is 21.3 Å². The summed E-state index contributed by atoms with van der Waals surface area (Å²) >= 11 is 6.91. The summed E-state index contributed by atoms with van der Waals surface area (Å²) in [7, 11) is 0. The molecule has 0 radical (unpaired) electrons. The molecule has 2 aromatic heterocycles. The maximum Gasteiger partial charge on any atom is 0.319 e.